The second-order valence-electron chi connectivity index (χ2n) is 10.3. The second-order valence-corrected chi connectivity index (χ2v) is 10.3. The highest BCUT2D eigenvalue weighted by molar-refractivity contribution is 5.79. The Hall–Kier alpha value is -2.75. The summed E-state index contributed by atoms with van der Waals surface area (Å²) in [5.74, 6) is -0.663. The smallest absolute Gasteiger partial charge is 0.309 e. The summed E-state index contributed by atoms with van der Waals surface area (Å²) in [6.45, 7) is 1.98. The number of piperidine rings is 1. The average molecular weight is 471 g/mol. The third kappa shape index (κ3) is 4.35. The lowest BCUT2D eigenvalue weighted by Crippen LogP contribution is -2.51. The molecule has 0 bridgehead atoms. The van der Waals surface area contributed by atoms with Gasteiger partial charge in [-0.05, 0) is 44.9 Å². The van der Waals surface area contributed by atoms with Gasteiger partial charge in [-0.2, -0.15) is 0 Å². The number of aryl methyl sites for hydroxylation is 1. The average Bonchev–Trinajstić information content (AvgIpc) is 3.59. The van der Waals surface area contributed by atoms with Crippen molar-refractivity contribution in [1.82, 2.24) is 29.4 Å². The van der Waals surface area contributed by atoms with E-state index in [1.165, 1.54) is 0 Å². The molecule has 3 fully saturated rings. The summed E-state index contributed by atoms with van der Waals surface area (Å²) in [4.78, 5) is 30.7. The van der Waals surface area contributed by atoms with Crippen LogP contribution in [0, 0.1) is 5.41 Å². The van der Waals surface area contributed by atoms with E-state index in [2.05, 4.69) is 15.3 Å². The summed E-state index contributed by atoms with van der Waals surface area (Å²) in [5.41, 5.74) is 0.800. The lowest BCUT2D eigenvalue weighted by molar-refractivity contribution is -0.151. The van der Waals surface area contributed by atoms with Crippen molar-refractivity contribution in [2.45, 2.75) is 75.9 Å². The molecule has 1 N–H and O–H groups in total. The van der Waals surface area contributed by atoms with E-state index >= 15 is 0 Å². The van der Waals surface area contributed by atoms with Crippen LogP contribution in [0.25, 0.3) is 11.4 Å². The SMILES string of the molecule is Cn1cncc1-c1cn(C2CCOC3(CCN(C(=O)CCC4(C(=O)O)CCCC4)CC3)C2)nn1. The third-order valence-electron chi connectivity index (χ3n) is 8.29. The molecular formula is C24H34N6O4. The summed E-state index contributed by atoms with van der Waals surface area (Å²) in [5, 5.41) is 18.4. The van der Waals surface area contributed by atoms with Gasteiger partial charge in [-0.15, -0.1) is 5.10 Å². The van der Waals surface area contributed by atoms with Crippen molar-refractivity contribution in [3.05, 3.63) is 18.7 Å². The molecule has 10 nitrogen and oxygen atoms in total. The molecule has 34 heavy (non-hydrogen) atoms. The van der Waals surface area contributed by atoms with E-state index in [-0.39, 0.29) is 17.6 Å². The van der Waals surface area contributed by atoms with Gasteiger partial charge >= 0.3 is 5.97 Å². The Morgan fingerprint density at radius 1 is 1.21 bits per heavy atom. The number of aromatic nitrogens is 5. The van der Waals surface area contributed by atoms with Gasteiger partial charge in [0.1, 0.15) is 5.69 Å². The largest absolute Gasteiger partial charge is 0.481 e. The van der Waals surface area contributed by atoms with Crippen LogP contribution in [0.4, 0.5) is 0 Å². The second kappa shape index (κ2) is 9.13. The van der Waals surface area contributed by atoms with Crippen molar-refractivity contribution in [1.29, 1.82) is 0 Å². The number of likely N-dealkylation sites (tertiary alicyclic amines) is 1. The van der Waals surface area contributed by atoms with E-state index in [1.807, 2.05) is 27.4 Å². The van der Waals surface area contributed by atoms with Crippen molar-refractivity contribution >= 4 is 11.9 Å². The Labute approximate surface area is 199 Å². The zero-order valence-corrected chi connectivity index (χ0v) is 19.9. The quantitative estimate of drug-likeness (QED) is 0.690. The Morgan fingerprint density at radius 3 is 2.65 bits per heavy atom. The van der Waals surface area contributed by atoms with Crippen LogP contribution < -0.4 is 0 Å². The fourth-order valence-corrected chi connectivity index (χ4v) is 6.04. The molecule has 1 amide bonds. The maximum absolute atomic E-state index is 12.9. The Morgan fingerprint density at radius 2 is 1.97 bits per heavy atom. The number of ether oxygens (including phenoxy) is 1. The molecule has 1 saturated carbocycles. The van der Waals surface area contributed by atoms with Crippen LogP contribution in [-0.2, 0) is 21.4 Å². The number of imidazole rings is 1. The predicted octanol–water partition coefficient (Wildman–Crippen LogP) is 2.82. The number of aliphatic carboxylic acids is 1. The first-order valence-corrected chi connectivity index (χ1v) is 12.4. The van der Waals surface area contributed by atoms with Gasteiger partial charge in [-0.3, -0.25) is 9.59 Å². The predicted molar refractivity (Wildman–Crippen MR) is 123 cm³/mol. The molecule has 2 aromatic heterocycles. The standard InChI is InChI=1S/C24H34N6O4/c1-28-17-25-15-20(28)19-16-30(27-26-19)18-5-13-34-24(14-18)9-11-29(12-10-24)21(31)4-8-23(22(32)33)6-2-3-7-23/h15-18H,2-14H2,1H3,(H,32,33). The minimum Gasteiger partial charge on any atom is -0.481 e. The number of rotatable bonds is 6. The Kier molecular flexibility index (Phi) is 6.18. The van der Waals surface area contributed by atoms with Crippen molar-refractivity contribution in [2.24, 2.45) is 12.5 Å². The van der Waals surface area contributed by atoms with Gasteiger partial charge in [0.2, 0.25) is 5.91 Å². The molecule has 10 heteroatoms. The number of nitrogens with zero attached hydrogens (tertiary/aromatic N) is 6. The number of hydrogen-bond donors (Lipinski definition) is 1. The first-order valence-electron chi connectivity index (χ1n) is 12.4. The minimum absolute atomic E-state index is 0.0758. The number of hydrogen-bond acceptors (Lipinski definition) is 6. The van der Waals surface area contributed by atoms with Crippen LogP contribution in [0.3, 0.4) is 0 Å². The number of carboxylic acid groups (broad SMARTS) is 1. The van der Waals surface area contributed by atoms with Gasteiger partial charge in [0.05, 0.1) is 41.5 Å². The highest BCUT2D eigenvalue weighted by atomic mass is 16.5. The van der Waals surface area contributed by atoms with Crippen molar-refractivity contribution in [3.63, 3.8) is 0 Å². The normalized spacial score (nSPS) is 23.9. The summed E-state index contributed by atoms with van der Waals surface area (Å²) in [6, 6.07) is 0.211. The van der Waals surface area contributed by atoms with E-state index < -0.39 is 11.4 Å². The number of carbonyl (C=O) groups excluding carboxylic acids is 1. The third-order valence-corrected chi connectivity index (χ3v) is 8.29. The zero-order chi connectivity index (χ0) is 23.8. The maximum atomic E-state index is 12.9. The summed E-state index contributed by atoms with van der Waals surface area (Å²) < 4.78 is 10.2. The summed E-state index contributed by atoms with van der Waals surface area (Å²) in [6.07, 6.45) is 12.9. The summed E-state index contributed by atoms with van der Waals surface area (Å²) >= 11 is 0. The van der Waals surface area contributed by atoms with Gasteiger partial charge in [0.25, 0.3) is 0 Å². The van der Waals surface area contributed by atoms with E-state index in [1.54, 1.807) is 12.5 Å². The topological polar surface area (TPSA) is 115 Å². The molecular weight excluding hydrogens is 436 g/mol. The minimum atomic E-state index is -0.739. The van der Waals surface area contributed by atoms with Crippen LogP contribution in [0.5, 0.6) is 0 Å². The van der Waals surface area contributed by atoms with Crippen molar-refractivity contribution < 1.29 is 19.4 Å². The van der Waals surface area contributed by atoms with Crippen LogP contribution in [0.1, 0.15) is 70.3 Å². The molecule has 1 aliphatic carbocycles. The molecule has 2 saturated heterocycles. The van der Waals surface area contributed by atoms with E-state index in [0.717, 1.165) is 49.9 Å². The molecule has 2 aliphatic heterocycles. The fourth-order valence-electron chi connectivity index (χ4n) is 6.04. The first kappa shape index (κ1) is 23.0. The first-order chi connectivity index (χ1) is 16.4. The van der Waals surface area contributed by atoms with E-state index in [0.29, 0.717) is 45.4 Å². The molecule has 1 spiro atoms. The molecule has 4 heterocycles. The van der Waals surface area contributed by atoms with Gasteiger partial charge in [-0.1, -0.05) is 18.1 Å². The highest BCUT2D eigenvalue weighted by Crippen LogP contribution is 2.43. The molecule has 2 aromatic rings. The molecule has 1 unspecified atom stereocenters. The van der Waals surface area contributed by atoms with Crippen LogP contribution >= 0.6 is 0 Å². The Bertz CT molecular complexity index is 1030. The van der Waals surface area contributed by atoms with E-state index in [4.69, 9.17) is 4.74 Å². The number of carbonyl (C=O) groups is 2. The van der Waals surface area contributed by atoms with E-state index in [9.17, 15) is 14.7 Å². The van der Waals surface area contributed by atoms with Crippen LogP contribution in [0.15, 0.2) is 18.7 Å². The van der Waals surface area contributed by atoms with Crippen molar-refractivity contribution in [2.75, 3.05) is 19.7 Å². The zero-order valence-electron chi connectivity index (χ0n) is 19.9. The molecule has 184 valence electrons. The van der Waals surface area contributed by atoms with Gasteiger partial charge in [-0.25, -0.2) is 9.67 Å². The molecule has 5 rings (SSSR count). The van der Waals surface area contributed by atoms with Gasteiger partial charge < -0.3 is 19.3 Å². The lowest BCUT2D eigenvalue weighted by Gasteiger charge is -2.46. The highest BCUT2D eigenvalue weighted by Gasteiger charge is 2.44. The molecule has 1 atom stereocenters. The monoisotopic (exact) mass is 470 g/mol. The van der Waals surface area contributed by atoms with Gasteiger partial charge in [0, 0.05) is 33.2 Å². The molecule has 0 radical (unpaired) electrons. The van der Waals surface area contributed by atoms with Gasteiger partial charge in [0.15, 0.2) is 0 Å². The van der Waals surface area contributed by atoms with Crippen LogP contribution in [-0.4, -0.2) is 71.7 Å². The summed E-state index contributed by atoms with van der Waals surface area (Å²) in [7, 11) is 1.94. The molecule has 3 aliphatic rings. The fraction of sp³-hybridized carbons (Fsp3) is 0.708. The maximum Gasteiger partial charge on any atom is 0.309 e. The Balaban J connectivity index is 1.17. The molecule has 0 aromatic carbocycles. The number of carboxylic acids is 1. The lowest BCUT2D eigenvalue weighted by atomic mass is 9.80. The van der Waals surface area contributed by atoms with Crippen molar-refractivity contribution in [3.8, 4) is 11.4 Å². The van der Waals surface area contributed by atoms with Crippen LogP contribution in [0.2, 0.25) is 0 Å². The number of amides is 1.